The van der Waals surface area contributed by atoms with Gasteiger partial charge in [0.25, 0.3) is 0 Å². The number of benzene rings is 1. The molecule has 1 aromatic rings. The molecular weight excluding hydrogens is 316 g/mol. The lowest BCUT2D eigenvalue weighted by Crippen LogP contribution is -1.99. The third kappa shape index (κ3) is 7.68. The number of hydrogen-bond donors (Lipinski definition) is 0. The maximum absolute atomic E-state index is 11.3. The Morgan fingerprint density at radius 2 is 1.70 bits per heavy atom. The lowest BCUT2D eigenvalue weighted by atomic mass is 10.1. The standard InChI is InChI=1S/C17H25BrO2/c1-15(19)16-10-9-11-17(14-16)20-13-8-6-4-2-3-5-7-12-18/h9-11,14H,2-8,12-13H2,1H3. The zero-order chi connectivity index (χ0) is 14.6. The summed E-state index contributed by atoms with van der Waals surface area (Å²) in [7, 11) is 0. The highest BCUT2D eigenvalue weighted by Crippen LogP contribution is 2.15. The number of ether oxygens (including phenoxy) is 1. The second kappa shape index (κ2) is 10.9. The summed E-state index contributed by atoms with van der Waals surface area (Å²) in [6, 6.07) is 7.42. The number of Topliss-reactive ketones (excluding diaryl/α,β-unsaturated/α-hetero) is 1. The fourth-order valence-electron chi connectivity index (χ4n) is 2.08. The van der Waals surface area contributed by atoms with Crippen molar-refractivity contribution in [1.29, 1.82) is 0 Å². The summed E-state index contributed by atoms with van der Waals surface area (Å²) in [5.74, 6) is 0.883. The van der Waals surface area contributed by atoms with Crippen molar-refractivity contribution in [2.24, 2.45) is 0 Å². The fourth-order valence-corrected chi connectivity index (χ4v) is 2.47. The molecule has 0 unspecified atom stereocenters. The zero-order valence-electron chi connectivity index (χ0n) is 12.4. The van der Waals surface area contributed by atoms with Gasteiger partial charge in [0.15, 0.2) is 5.78 Å². The van der Waals surface area contributed by atoms with Gasteiger partial charge in [-0.3, -0.25) is 4.79 Å². The molecule has 1 rings (SSSR count). The molecular formula is C17H25BrO2. The third-order valence-corrected chi connectivity index (χ3v) is 3.85. The molecule has 0 amide bonds. The van der Waals surface area contributed by atoms with Crippen molar-refractivity contribution in [2.75, 3.05) is 11.9 Å². The van der Waals surface area contributed by atoms with Crippen LogP contribution in [0.3, 0.4) is 0 Å². The van der Waals surface area contributed by atoms with Crippen molar-refractivity contribution >= 4 is 21.7 Å². The Morgan fingerprint density at radius 1 is 1.05 bits per heavy atom. The molecule has 0 saturated heterocycles. The molecule has 0 atom stereocenters. The smallest absolute Gasteiger partial charge is 0.159 e. The Bertz CT molecular complexity index is 390. The van der Waals surface area contributed by atoms with Crippen molar-refractivity contribution in [2.45, 2.75) is 51.9 Å². The summed E-state index contributed by atoms with van der Waals surface area (Å²) in [4.78, 5) is 11.3. The van der Waals surface area contributed by atoms with Crippen LogP contribution in [-0.2, 0) is 0 Å². The second-order valence-corrected chi connectivity index (χ2v) is 5.89. The Hall–Kier alpha value is -0.830. The van der Waals surface area contributed by atoms with Crippen LogP contribution in [0.15, 0.2) is 24.3 Å². The normalized spacial score (nSPS) is 10.5. The third-order valence-electron chi connectivity index (χ3n) is 3.29. The number of hydrogen-bond acceptors (Lipinski definition) is 2. The highest BCUT2D eigenvalue weighted by atomic mass is 79.9. The van der Waals surface area contributed by atoms with Crippen LogP contribution in [0.4, 0.5) is 0 Å². The van der Waals surface area contributed by atoms with E-state index in [4.69, 9.17) is 4.74 Å². The Balaban J connectivity index is 2.06. The van der Waals surface area contributed by atoms with Gasteiger partial charge in [0.2, 0.25) is 0 Å². The number of halogens is 1. The van der Waals surface area contributed by atoms with Gasteiger partial charge in [-0.15, -0.1) is 0 Å². The number of unbranched alkanes of at least 4 members (excludes halogenated alkanes) is 6. The van der Waals surface area contributed by atoms with Crippen molar-refractivity contribution in [3.8, 4) is 5.75 Å². The minimum atomic E-state index is 0.0823. The van der Waals surface area contributed by atoms with E-state index in [9.17, 15) is 4.79 Å². The van der Waals surface area contributed by atoms with E-state index in [1.54, 1.807) is 6.92 Å². The van der Waals surface area contributed by atoms with E-state index in [2.05, 4.69) is 15.9 Å². The average Bonchev–Trinajstić information content (AvgIpc) is 2.46. The Morgan fingerprint density at radius 3 is 2.35 bits per heavy atom. The van der Waals surface area contributed by atoms with Crippen LogP contribution in [-0.4, -0.2) is 17.7 Å². The molecule has 0 aliphatic heterocycles. The molecule has 2 nitrogen and oxygen atoms in total. The predicted molar refractivity (Wildman–Crippen MR) is 88.1 cm³/mol. The van der Waals surface area contributed by atoms with Crippen molar-refractivity contribution in [1.82, 2.24) is 0 Å². The molecule has 0 spiro atoms. The first-order valence-corrected chi connectivity index (χ1v) is 8.66. The van der Waals surface area contributed by atoms with Crippen LogP contribution in [0.2, 0.25) is 0 Å². The van der Waals surface area contributed by atoms with Gasteiger partial charge in [0, 0.05) is 10.9 Å². The average molecular weight is 341 g/mol. The molecule has 0 fully saturated rings. The molecule has 112 valence electrons. The molecule has 0 N–H and O–H groups in total. The maximum Gasteiger partial charge on any atom is 0.159 e. The molecule has 0 saturated carbocycles. The largest absolute Gasteiger partial charge is 0.494 e. The summed E-state index contributed by atoms with van der Waals surface area (Å²) in [5.41, 5.74) is 0.717. The topological polar surface area (TPSA) is 26.3 Å². The van der Waals surface area contributed by atoms with Gasteiger partial charge in [-0.05, 0) is 31.9 Å². The summed E-state index contributed by atoms with van der Waals surface area (Å²) >= 11 is 3.45. The van der Waals surface area contributed by atoms with Crippen molar-refractivity contribution in [3.05, 3.63) is 29.8 Å². The van der Waals surface area contributed by atoms with Gasteiger partial charge in [0.1, 0.15) is 5.75 Å². The number of carbonyl (C=O) groups is 1. The number of alkyl halides is 1. The predicted octanol–water partition coefficient (Wildman–Crippen LogP) is 5.39. The van der Waals surface area contributed by atoms with Crippen LogP contribution in [0.5, 0.6) is 5.75 Å². The first-order valence-electron chi connectivity index (χ1n) is 7.54. The zero-order valence-corrected chi connectivity index (χ0v) is 14.0. The van der Waals surface area contributed by atoms with E-state index < -0.39 is 0 Å². The van der Waals surface area contributed by atoms with E-state index in [0.29, 0.717) is 5.56 Å². The molecule has 20 heavy (non-hydrogen) atoms. The van der Waals surface area contributed by atoms with Crippen molar-refractivity contribution < 1.29 is 9.53 Å². The molecule has 0 aliphatic carbocycles. The van der Waals surface area contributed by atoms with Gasteiger partial charge in [0.05, 0.1) is 6.61 Å². The molecule has 3 heteroatoms. The first-order chi connectivity index (χ1) is 9.74. The van der Waals surface area contributed by atoms with E-state index in [0.717, 1.165) is 24.1 Å². The summed E-state index contributed by atoms with van der Waals surface area (Å²) in [6.45, 7) is 2.32. The van der Waals surface area contributed by atoms with Gasteiger partial charge in [-0.2, -0.15) is 0 Å². The highest BCUT2D eigenvalue weighted by molar-refractivity contribution is 9.09. The Kier molecular flexibility index (Phi) is 9.38. The van der Waals surface area contributed by atoms with Crippen LogP contribution in [0.1, 0.15) is 62.2 Å². The highest BCUT2D eigenvalue weighted by Gasteiger charge is 2.01. The quantitative estimate of drug-likeness (QED) is 0.306. The minimum absolute atomic E-state index is 0.0823. The van der Waals surface area contributed by atoms with E-state index in [-0.39, 0.29) is 5.78 Å². The maximum atomic E-state index is 11.3. The second-order valence-electron chi connectivity index (χ2n) is 5.10. The molecule has 0 aromatic heterocycles. The summed E-state index contributed by atoms with van der Waals surface area (Å²) in [5, 5.41) is 1.13. The van der Waals surface area contributed by atoms with Crippen LogP contribution in [0, 0.1) is 0 Å². The van der Waals surface area contributed by atoms with Crippen LogP contribution >= 0.6 is 15.9 Å². The van der Waals surface area contributed by atoms with Gasteiger partial charge in [-0.25, -0.2) is 0 Å². The molecule has 0 radical (unpaired) electrons. The molecule has 1 aromatic carbocycles. The summed E-state index contributed by atoms with van der Waals surface area (Å²) < 4.78 is 5.68. The van der Waals surface area contributed by atoms with Gasteiger partial charge in [-0.1, -0.05) is 60.2 Å². The number of rotatable bonds is 11. The summed E-state index contributed by atoms with van der Waals surface area (Å²) in [6.07, 6.45) is 8.89. The lowest BCUT2D eigenvalue weighted by Gasteiger charge is -2.07. The number of carbonyl (C=O) groups excluding carboxylic acids is 1. The van der Waals surface area contributed by atoms with Crippen LogP contribution < -0.4 is 4.74 Å². The van der Waals surface area contributed by atoms with E-state index >= 15 is 0 Å². The van der Waals surface area contributed by atoms with Crippen molar-refractivity contribution in [3.63, 3.8) is 0 Å². The first kappa shape index (κ1) is 17.2. The minimum Gasteiger partial charge on any atom is -0.494 e. The van der Waals surface area contributed by atoms with E-state index in [1.165, 1.54) is 38.5 Å². The van der Waals surface area contributed by atoms with Gasteiger partial charge >= 0.3 is 0 Å². The van der Waals surface area contributed by atoms with Gasteiger partial charge < -0.3 is 4.74 Å². The molecule has 0 bridgehead atoms. The molecule has 0 heterocycles. The lowest BCUT2D eigenvalue weighted by molar-refractivity contribution is 0.101. The van der Waals surface area contributed by atoms with E-state index in [1.807, 2.05) is 24.3 Å². The monoisotopic (exact) mass is 340 g/mol. The fraction of sp³-hybridized carbons (Fsp3) is 0.588. The Labute approximate surface area is 131 Å². The number of ketones is 1. The molecule has 0 aliphatic rings. The SMILES string of the molecule is CC(=O)c1cccc(OCCCCCCCCCBr)c1. The van der Waals surface area contributed by atoms with Crippen LogP contribution in [0.25, 0.3) is 0 Å².